The number of benzene rings is 1. The van der Waals surface area contributed by atoms with Gasteiger partial charge in [-0.3, -0.25) is 4.98 Å². The lowest BCUT2D eigenvalue weighted by molar-refractivity contribution is 0.586. The summed E-state index contributed by atoms with van der Waals surface area (Å²) in [6.07, 6.45) is 5.48. The lowest BCUT2D eigenvalue weighted by atomic mass is 10.1. The van der Waals surface area contributed by atoms with Gasteiger partial charge in [-0.15, -0.1) is 5.10 Å². The summed E-state index contributed by atoms with van der Waals surface area (Å²) in [5, 5.41) is 5.19. The molecule has 1 unspecified atom stereocenters. The van der Waals surface area contributed by atoms with Crippen molar-refractivity contribution >= 4 is 16.8 Å². The third-order valence-electron chi connectivity index (χ3n) is 4.63. The quantitative estimate of drug-likeness (QED) is 0.449. The molecule has 6 heteroatoms. The molecule has 142 valence electrons. The Morgan fingerprint density at radius 1 is 1.07 bits per heavy atom. The standard InChI is InChI=1S/C22H22N4OS/c1-3-4-12-28(27)22-14-21-24-19(17-9-7-16(2)8-10-17)13-20(26(21)25-22)18-6-5-11-23-15-18/h5-11,13-15H,3-4,12H2,1-2H3. The van der Waals surface area contributed by atoms with E-state index in [9.17, 15) is 4.55 Å². The molecule has 5 nitrogen and oxygen atoms in total. The van der Waals surface area contributed by atoms with Gasteiger partial charge in [0.25, 0.3) is 5.03 Å². The normalized spacial score (nSPS) is 12.4. The van der Waals surface area contributed by atoms with Crippen LogP contribution in [-0.2, 0) is 11.2 Å². The van der Waals surface area contributed by atoms with Gasteiger partial charge in [0, 0.05) is 34.7 Å². The number of hydrogen-bond acceptors (Lipinski definition) is 4. The first-order valence-electron chi connectivity index (χ1n) is 9.42. The molecule has 3 heterocycles. The number of nitrogens with zero attached hydrogens (tertiary/aromatic N) is 4. The van der Waals surface area contributed by atoms with E-state index in [2.05, 4.69) is 48.2 Å². The minimum Gasteiger partial charge on any atom is -0.610 e. The molecule has 0 aliphatic rings. The van der Waals surface area contributed by atoms with E-state index < -0.39 is 11.2 Å². The van der Waals surface area contributed by atoms with Crippen molar-refractivity contribution in [2.24, 2.45) is 0 Å². The lowest BCUT2D eigenvalue weighted by Gasteiger charge is -2.08. The van der Waals surface area contributed by atoms with Crippen LogP contribution in [0.4, 0.5) is 0 Å². The fourth-order valence-corrected chi connectivity index (χ4v) is 4.21. The first-order chi connectivity index (χ1) is 13.7. The van der Waals surface area contributed by atoms with Gasteiger partial charge >= 0.3 is 0 Å². The Kier molecular flexibility index (Phi) is 5.41. The number of aryl methyl sites for hydroxylation is 1. The van der Waals surface area contributed by atoms with E-state index in [1.54, 1.807) is 10.7 Å². The van der Waals surface area contributed by atoms with Crippen molar-refractivity contribution in [1.82, 2.24) is 19.6 Å². The average Bonchev–Trinajstić information content (AvgIpc) is 3.17. The van der Waals surface area contributed by atoms with Crippen LogP contribution in [0.3, 0.4) is 0 Å². The maximum atomic E-state index is 12.6. The van der Waals surface area contributed by atoms with Crippen LogP contribution in [0.2, 0.25) is 0 Å². The molecule has 4 aromatic rings. The number of fused-ring (bicyclic) bond motifs is 1. The Morgan fingerprint density at radius 2 is 1.89 bits per heavy atom. The van der Waals surface area contributed by atoms with E-state index in [0.717, 1.165) is 35.4 Å². The molecular formula is C22H22N4OS. The summed E-state index contributed by atoms with van der Waals surface area (Å²) in [6.45, 7) is 4.16. The van der Waals surface area contributed by atoms with Gasteiger partial charge in [-0.25, -0.2) is 9.50 Å². The molecule has 1 aromatic carbocycles. The molecule has 0 bridgehead atoms. The highest BCUT2D eigenvalue weighted by atomic mass is 32.2. The highest BCUT2D eigenvalue weighted by Gasteiger charge is 2.19. The van der Waals surface area contributed by atoms with Crippen LogP contribution >= 0.6 is 0 Å². The number of rotatable bonds is 6. The van der Waals surface area contributed by atoms with Gasteiger partial charge in [-0.05, 0) is 31.5 Å². The smallest absolute Gasteiger partial charge is 0.265 e. The van der Waals surface area contributed by atoms with Crippen molar-refractivity contribution in [2.75, 3.05) is 5.75 Å². The molecule has 0 fully saturated rings. The van der Waals surface area contributed by atoms with Crippen LogP contribution in [0.25, 0.3) is 28.2 Å². The van der Waals surface area contributed by atoms with E-state index in [1.807, 2.05) is 30.5 Å². The van der Waals surface area contributed by atoms with E-state index in [-0.39, 0.29) is 0 Å². The molecule has 0 aliphatic carbocycles. The van der Waals surface area contributed by atoms with Crippen LogP contribution in [0.15, 0.2) is 66.0 Å². The van der Waals surface area contributed by atoms with E-state index in [0.29, 0.717) is 16.4 Å². The van der Waals surface area contributed by atoms with Gasteiger partial charge in [0.15, 0.2) is 5.65 Å². The van der Waals surface area contributed by atoms with E-state index >= 15 is 0 Å². The minimum atomic E-state index is -1.12. The SMILES string of the molecule is CCCC[S+]([O-])c1cc2nc(-c3ccc(C)cc3)cc(-c3cccnc3)n2n1. The molecule has 0 saturated carbocycles. The largest absolute Gasteiger partial charge is 0.610 e. The molecular weight excluding hydrogens is 368 g/mol. The van der Waals surface area contributed by atoms with Crippen molar-refractivity contribution in [3.05, 3.63) is 66.5 Å². The summed E-state index contributed by atoms with van der Waals surface area (Å²) in [7, 11) is 0. The topological polar surface area (TPSA) is 66.1 Å². The van der Waals surface area contributed by atoms with Crippen molar-refractivity contribution in [2.45, 2.75) is 31.7 Å². The summed E-state index contributed by atoms with van der Waals surface area (Å²) < 4.78 is 14.4. The van der Waals surface area contributed by atoms with Crippen molar-refractivity contribution < 1.29 is 4.55 Å². The third kappa shape index (κ3) is 3.79. The van der Waals surface area contributed by atoms with Crippen molar-refractivity contribution in [3.63, 3.8) is 0 Å². The molecule has 0 saturated heterocycles. The third-order valence-corrected chi connectivity index (χ3v) is 5.95. The zero-order valence-electron chi connectivity index (χ0n) is 16.0. The average molecular weight is 391 g/mol. The van der Waals surface area contributed by atoms with E-state index in [4.69, 9.17) is 4.98 Å². The van der Waals surface area contributed by atoms with Crippen molar-refractivity contribution in [1.29, 1.82) is 0 Å². The number of aromatic nitrogens is 4. The first-order valence-corrected chi connectivity index (χ1v) is 10.7. The van der Waals surface area contributed by atoms with Crippen LogP contribution in [0, 0.1) is 6.92 Å². The van der Waals surface area contributed by atoms with Crippen molar-refractivity contribution in [3.8, 4) is 22.5 Å². The Morgan fingerprint density at radius 3 is 2.61 bits per heavy atom. The van der Waals surface area contributed by atoms with Crippen LogP contribution in [0.1, 0.15) is 25.3 Å². The van der Waals surface area contributed by atoms with Gasteiger partial charge in [-0.1, -0.05) is 43.2 Å². The number of hydrogen-bond donors (Lipinski definition) is 0. The second-order valence-electron chi connectivity index (χ2n) is 6.79. The first kappa shape index (κ1) is 18.7. The second kappa shape index (κ2) is 8.12. The Bertz CT molecular complexity index is 1080. The fraction of sp³-hybridized carbons (Fsp3) is 0.227. The van der Waals surface area contributed by atoms with Gasteiger partial charge < -0.3 is 4.55 Å². The molecule has 4 rings (SSSR count). The minimum absolute atomic E-state index is 0.576. The summed E-state index contributed by atoms with van der Waals surface area (Å²) >= 11 is -1.12. The Labute approximate surface area is 167 Å². The molecule has 0 spiro atoms. The predicted molar refractivity (Wildman–Crippen MR) is 113 cm³/mol. The molecule has 0 aliphatic heterocycles. The van der Waals surface area contributed by atoms with Crippen LogP contribution in [-0.4, -0.2) is 29.9 Å². The Hall–Kier alpha value is -2.70. The van der Waals surface area contributed by atoms with Gasteiger partial charge in [0.05, 0.1) is 17.5 Å². The second-order valence-corrected chi connectivity index (χ2v) is 8.31. The molecule has 3 aromatic heterocycles. The molecule has 0 N–H and O–H groups in total. The number of unbranched alkanes of at least 4 members (excludes halogenated alkanes) is 1. The molecule has 0 amide bonds. The summed E-state index contributed by atoms with van der Waals surface area (Å²) in [5.41, 5.74) is 5.61. The highest BCUT2D eigenvalue weighted by molar-refractivity contribution is 7.91. The van der Waals surface area contributed by atoms with E-state index in [1.165, 1.54) is 5.56 Å². The zero-order chi connectivity index (χ0) is 19.5. The number of pyridine rings is 1. The zero-order valence-corrected chi connectivity index (χ0v) is 16.8. The van der Waals surface area contributed by atoms with Crippen LogP contribution in [0.5, 0.6) is 0 Å². The molecule has 0 radical (unpaired) electrons. The summed E-state index contributed by atoms with van der Waals surface area (Å²) in [6, 6.07) is 16.0. The highest BCUT2D eigenvalue weighted by Crippen LogP contribution is 2.27. The van der Waals surface area contributed by atoms with Gasteiger partial charge in [0.2, 0.25) is 0 Å². The lowest BCUT2D eigenvalue weighted by Crippen LogP contribution is -2.07. The van der Waals surface area contributed by atoms with Gasteiger partial charge in [-0.2, -0.15) is 0 Å². The Balaban J connectivity index is 1.87. The molecule has 1 atom stereocenters. The maximum Gasteiger partial charge on any atom is 0.265 e. The van der Waals surface area contributed by atoms with Gasteiger partial charge in [0.1, 0.15) is 5.75 Å². The molecule has 28 heavy (non-hydrogen) atoms. The summed E-state index contributed by atoms with van der Waals surface area (Å²) in [4.78, 5) is 9.03. The predicted octanol–water partition coefficient (Wildman–Crippen LogP) is 4.67. The maximum absolute atomic E-state index is 12.6. The monoisotopic (exact) mass is 390 g/mol. The fourth-order valence-electron chi connectivity index (χ4n) is 3.04. The summed E-state index contributed by atoms with van der Waals surface area (Å²) in [5.74, 6) is 0.618. The van der Waals surface area contributed by atoms with Crippen LogP contribution < -0.4 is 0 Å².